The third-order valence-corrected chi connectivity index (χ3v) is 2.64. The molecule has 0 saturated carbocycles. The number of ether oxygens (including phenoxy) is 1. The molecule has 0 bridgehead atoms. The molecule has 0 radical (unpaired) electrons. The molecule has 7 heteroatoms. The van der Waals surface area contributed by atoms with Gasteiger partial charge in [-0.3, -0.25) is 10.1 Å². The Balaban J connectivity index is 3.70. The van der Waals surface area contributed by atoms with Crippen molar-refractivity contribution in [2.24, 2.45) is 0 Å². The van der Waals surface area contributed by atoms with Crippen molar-refractivity contribution in [1.82, 2.24) is 0 Å². The molecule has 1 aromatic rings. The molecule has 0 unspecified atom stereocenters. The first-order chi connectivity index (χ1) is 8.48. The summed E-state index contributed by atoms with van der Waals surface area (Å²) in [7, 11) is 0.980. The first-order valence-corrected chi connectivity index (χ1v) is 5.42. The zero-order valence-corrected chi connectivity index (χ0v) is 11.0. The quantitative estimate of drug-likeness (QED) is 0.608. The van der Waals surface area contributed by atoms with Gasteiger partial charge in [0.2, 0.25) is 5.75 Å². The fourth-order valence-electron chi connectivity index (χ4n) is 1.61. The van der Waals surface area contributed by atoms with Crippen molar-refractivity contribution in [3.63, 3.8) is 0 Å². The van der Waals surface area contributed by atoms with Crippen LogP contribution >= 0.6 is 0 Å². The van der Waals surface area contributed by atoms with Crippen LogP contribution < -0.4 is 4.74 Å². The number of nitrogens with zero attached hydrogens (tertiary/aromatic N) is 1. The number of rotatable bonds is 2. The minimum atomic E-state index is -4.71. The van der Waals surface area contributed by atoms with E-state index in [1.165, 1.54) is 0 Å². The van der Waals surface area contributed by atoms with E-state index in [1.807, 2.05) is 0 Å². The Labute approximate surface area is 108 Å². The van der Waals surface area contributed by atoms with Crippen LogP contribution in [0.4, 0.5) is 18.9 Å². The predicted molar refractivity (Wildman–Crippen MR) is 63.4 cm³/mol. The van der Waals surface area contributed by atoms with Crippen LogP contribution in [0.2, 0.25) is 0 Å². The van der Waals surface area contributed by atoms with Crippen molar-refractivity contribution in [2.75, 3.05) is 7.11 Å². The van der Waals surface area contributed by atoms with Gasteiger partial charge in [-0.25, -0.2) is 0 Å². The molecule has 0 atom stereocenters. The summed E-state index contributed by atoms with van der Waals surface area (Å²) in [5.74, 6) is -0.759. The van der Waals surface area contributed by atoms with Gasteiger partial charge in [-0.05, 0) is 17.0 Å². The standard InChI is InChI=1S/C12H14F3NO3/c1-11(2,3)7-5-8(12(13,14)15)10(19-4)9(6-7)16(17)18/h5-6H,1-4H3. The molecule has 19 heavy (non-hydrogen) atoms. The number of hydrogen-bond acceptors (Lipinski definition) is 3. The Kier molecular flexibility index (Phi) is 3.79. The van der Waals surface area contributed by atoms with Gasteiger partial charge in [0.15, 0.2) is 0 Å². The normalized spacial score (nSPS) is 12.4. The average molecular weight is 277 g/mol. The molecular weight excluding hydrogens is 263 g/mol. The van der Waals surface area contributed by atoms with Gasteiger partial charge in [-0.2, -0.15) is 13.2 Å². The largest absolute Gasteiger partial charge is 0.490 e. The summed E-state index contributed by atoms with van der Waals surface area (Å²) in [5.41, 5.74) is -2.22. The van der Waals surface area contributed by atoms with Crippen molar-refractivity contribution >= 4 is 5.69 Å². The lowest BCUT2D eigenvalue weighted by atomic mass is 9.85. The number of halogens is 3. The zero-order chi connectivity index (χ0) is 15.0. The molecule has 0 heterocycles. The van der Waals surface area contributed by atoms with Crippen LogP contribution in [0, 0.1) is 10.1 Å². The van der Waals surface area contributed by atoms with Crippen molar-refractivity contribution in [1.29, 1.82) is 0 Å². The van der Waals surface area contributed by atoms with Crippen LogP contribution in [0.25, 0.3) is 0 Å². The molecule has 0 spiro atoms. The Morgan fingerprint density at radius 3 is 2.05 bits per heavy atom. The smallest absolute Gasteiger partial charge is 0.420 e. The molecule has 0 aromatic heterocycles. The summed E-state index contributed by atoms with van der Waals surface area (Å²) in [6, 6.07) is 2.01. The van der Waals surface area contributed by atoms with Crippen molar-refractivity contribution < 1.29 is 22.8 Å². The van der Waals surface area contributed by atoms with E-state index in [1.54, 1.807) is 20.8 Å². The van der Waals surface area contributed by atoms with Crippen molar-refractivity contribution in [3.05, 3.63) is 33.4 Å². The highest BCUT2D eigenvalue weighted by Crippen LogP contribution is 2.44. The van der Waals surface area contributed by atoms with E-state index in [9.17, 15) is 23.3 Å². The second-order valence-electron chi connectivity index (χ2n) is 5.08. The van der Waals surface area contributed by atoms with E-state index in [2.05, 4.69) is 4.74 Å². The molecule has 1 rings (SSSR count). The first-order valence-electron chi connectivity index (χ1n) is 5.42. The van der Waals surface area contributed by atoms with Gasteiger partial charge >= 0.3 is 11.9 Å². The molecule has 0 aliphatic heterocycles. The summed E-state index contributed by atoms with van der Waals surface area (Å²) < 4.78 is 43.4. The van der Waals surface area contributed by atoms with Gasteiger partial charge in [0.05, 0.1) is 12.0 Å². The number of alkyl halides is 3. The van der Waals surface area contributed by atoms with Crippen molar-refractivity contribution in [3.8, 4) is 5.75 Å². The van der Waals surface area contributed by atoms with Crippen LogP contribution in [-0.4, -0.2) is 12.0 Å². The van der Waals surface area contributed by atoms with E-state index >= 15 is 0 Å². The predicted octanol–water partition coefficient (Wildman–Crippen LogP) is 3.92. The third-order valence-electron chi connectivity index (χ3n) is 2.64. The van der Waals surface area contributed by atoms with Crippen LogP contribution in [0.15, 0.2) is 12.1 Å². The topological polar surface area (TPSA) is 52.4 Å². The Bertz CT molecular complexity index is 504. The number of nitro benzene ring substituents is 1. The highest BCUT2D eigenvalue weighted by Gasteiger charge is 2.39. The lowest BCUT2D eigenvalue weighted by Gasteiger charge is -2.21. The van der Waals surface area contributed by atoms with E-state index in [4.69, 9.17) is 0 Å². The van der Waals surface area contributed by atoms with Gasteiger partial charge in [0, 0.05) is 6.07 Å². The van der Waals surface area contributed by atoms with Gasteiger partial charge in [0.25, 0.3) is 0 Å². The molecule has 0 saturated heterocycles. The highest BCUT2D eigenvalue weighted by atomic mass is 19.4. The fraction of sp³-hybridized carbons (Fsp3) is 0.500. The zero-order valence-electron chi connectivity index (χ0n) is 11.0. The van der Waals surface area contributed by atoms with Gasteiger partial charge in [-0.1, -0.05) is 20.8 Å². The summed E-state index contributed by atoms with van der Waals surface area (Å²) in [6.07, 6.45) is -4.71. The minimum Gasteiger partial charge on any atom is -0.490 e. The van der Waals surface area contributed by atoms with Gasteiger partial charge in [0.1, 0.15) is 5.56 Å². The fourth-order valence-corrected chi connectivity index (χ4v) is 1.61. The highest BCUT2D eigenvalue weighted by molar-refractivity contribution is 5.56. The van der Waals surface area contributed by atoms with Crippen LogP contribution in [-0.2, 0) is 11.6 Å². The summed E-state index contributed by atoms with van der Waals surface area (Å²) in [4.78, 5) is 10.0. The van der Waals surface area contributed by atoms with Gasteiger partial charge in [-0.15, -0.1) is 0 Å². The van der Waals surface area contributed by atoms with Crippen LogP contribution in [0.5, 0.6) is 5.75 Å². The van der Waals surface area contributed by atoms with E-state index in [-0.39, 0.29) is 5.56 Å². The lowest BCUT2D eigenvalue weighted by Crippen LogP contribution is -2.16. The Morgan fingerprint density at radius 2 is 1.74 bits per heavy atom. The van der Waals surface area contributed by atoms with E-state index in [0.29, 0.717) is 0 Å². The molecule has 106 valence electrons. The lowest BCUT2D eigenvalue weighted by molar-refractivity contribution is -0.386. The van der Waals surface area contributed by atoms with Gasteiger partial charge < -0.3 is 4.74 Å². The Hall–Kier alpha value is -1.79. The number of hydrogen-bond donors (Lipinski definition) is 0. The van der Waals surface area contributed by atoms with Crippen LogP contribution in [0.3, 0.4) is 0 Å². The molecule has 0 N–H and O–H groups in total. The van der Waals surface area contributed by atoms with Crippen molar-refractivity contribution in [2.45, 2.75) is 32.4 Å². The second kappa shape index (κ2) is 4.71. The Morgan fingerprint density at radius 1 is 1.21 bits per heavy atom. The monoisotopic (exact) mass is 277 g/mol. The maximum Gasteiger partial charge on any atom is 0.420 e. The molecule has 4 nitrogen and oxygen atoms in total. The number of methoxy groups -OCH3 is 1. The third kappa shape index (κ3) is 3.15. The maximum atomic E-state index is 12.9. The molecule has 0 aliphatic carbocycles. The van der Waals surface area contributed by atoms with Crippen LogP contribution in [0.1, 0.15) is 31.9 Å². The second-order valence-corrected chi connectivity index (χ2v) is 5.08. The molecule has 0 amide bonds. The minimum absolute atomic E-state index is 0.229. The molecule has 1 aromatic carbocycles. The SMILES string of the molecule is COc1c([N+](=O)[O-])cc(C(C)(C)C)cc1C(F)(F)F. The maximum absolute atomic E-state index is 12.9. The van der Waals surface area contributed by atoms with E-state index in [0.717, 1.165) is 19.2 Å². The summed E-state index contributed by atoms with van der Waals surface area (Å²) in [6.45, 7) is 5.04. The number of nitro groups is 1. The molecule has 0 fully saturated rings. The molecule has 0 aliphatic rings. The molecular formula is C12H14F3NO3. The summed E-state index contributed by atoms with van der Waals surface area (Å²) >= 11 is 0. The van der Waals surface area contributed by atoms with E-state index < -0.39 is 33.5 Å². The average Bonchev–Trinajstić information content (AvgIpc) is 2.24. The summed E-state index contributed by atoms with van der Waals surface area (Å²) in [5, 5.41) is 10.9. The first kappa shape index (κ1) is 15.3. The number of benzene rings is 1.